The maximum atomic E-state index is 11.3. The molecule has 4 heteroatoms. The molecule has 0 spiro atoms. The van der Waals surface area contributed by atoms with Gasteiger partial charge in [-0.15, -0.1) is 0 Å². The number of hydrogen-bond acceptors (Lipinski definition) is 4. The van der Waals surface area contributed by atoms with Gasteiger partial charge < -0.3 is 15.8 Å². The zero-order valence-electron chi connectivity index (χ0n) is 10.6. The van der Waals surface area contributed by atoms with Crippen molar-refractivity contribution in [2.24, 2.45) is 5.73 Å². The van der Waals surface area contributed by atoms with Gasteiger partial charge in [0.05, 0.1) is 6.04 Å². The van der Waals surface area contributed by atoms with Crippen LogP contribution in [0, 0.1) is 0 Å². The van der Waals surface area contributed by atoms with Crippen LogP contribution in [0.3, 0.4) is 0 Å². The van der Waals surface area contributed by atoms with E-state index in [9.17, 15) is 4.79 Å². The number of unbranched alkanes of at least 4 members (excludes halogenated alkanes) is 2. The monoisotopic (exact) mass is 230 g/mol. The molecule has 0 amide bonds. The molecule has 0 bridgehead atoms. The fraction of sp³-hybridized carbons (Fsp3) is 0.917. The summed E-state index contributed by atoms with van der Waals surface area (Å²) in [4.78, 5) is 11.3. The van der Waals surface area contributed by atoms with Crippen LogP contribution in [-0.4, -0.2) is 38.6 Å². The number of Topliss-reactive ketones (excluding diaryl/α,β-unsaturated/α-hetero) is 1. The molecule has 3 N–H and O–H groups in total. The van der Waals surface area contributed by atoms with Crippen molar-refractivity contribution in [3.8, 4) is 0 Å². The molecule has 1 atom stereocenters. The van der Waals surface area contributed by atoms with Crippen LogP contribution in [0.5, 0.6) is 0 Å². The molecule has 0 saturated carbocycles. The fourth-order valence-electron chi connectivity index (χ4n) is 1.59. The second-order valence-corrected chi connectivity index (χ2v) is 4.10. The zero-order chi connectivity index (χ0) is 12.2. The van der Waals surface area contributed by atoms with E-state index >= 15 is 0 Å². The topological polar surface area (TPSA) is 64.3 Å². The Kier molecular flexibility index (Phi) is 10.7. The number of hydrogen-bond donors (Lipinski definition) is 2. The minimum atomic E-state index is 0.00842. The third-order valence-electron chi connectivity index (χ3n) is 2.60. The van der Waals surface area contributed by atoms with Crippen LogP contribution in [0.4, 0.5) is 0 Å². The Morgan fingerprint density at radius 2 is 2.06 bits per heavy atom. The van der Waals surface area contributed by atoms with Gasteiger partial charge in [0.2, 0.25) is 0 Å². The Balaban J connectivity index is 3.56. The summed E-state index contributed by atoms with van der Waals surface area (Å²) < 4.78 is 4.97. The zero-order valence-corrected chi connectivity index (χ0v) is 10.6. The molecule has 1 unspecified atom stereocenters. The van der Waals surface area contributed by atoms with Crippen LogP contribution in [0.25, 0.3) is 0 Å². The van der Waals surface area contributed by atoms with Gasteiger partial charge in [0.25, 0.3) is 0 Å². The first-order chi connectivity index (χ1) is 7.72. The molecule has 0 aromatic heterocycles. The standard InChI is InChI=1S/C12H26N2O2/c1-11(15)12(7-3-4-8-13)14-9-5-6-10-16-2/h12,14H,3-10,13H2,1-2H3. The van der Waals surface area contributed by atoms with Gasteiger partial charge in [-0.1, -0.05) is 6.42 Å². The lowest BCUT2D eigenvalue weighted by Gasteiger charge is -2.15. The second-order valence-electron chi connectivity index (χ2n) is 4.10. The van der Waals surface area contributed by atoms with Gasteiger partial charge in [-0.25, -0.2) is 0 Å². The van der Waals surface area contributed by atoms with E-state index in [1.54, 1.807) is 14.0 Å². The second kappa shape index (κ2) is 11.0. The van der Waals surface area contributed by atoms with E-state index in [1.807, 2.05) is 0 Å². The molecule has 16 heavy (non-hydrogen) atoms. The van der Waals surface area contributed by atoms with Crippen LogP contribution < -0.4 is 11.1 Å². The van der Waals surface area contributed by atoms with E-state index in [4.69, 9.17) is 10.5 Å². The Bertz CT molecular complexity index is 174. The number of carbonyl (C=O) groups excluding carboxylic acids is 1. The number of carbonyl (C=O) groups is 1. The van der Waals surface area contributed by atoms with E-state index in [-0.39, 0.29) is 11.8 Å². The summed E-state index contributed by atoms with van der Waals surface area (Å²) in [5, 5.41) is 3.29. The van der Waals surface area contributed by atoms with E-state index in [1.165, 1.54) is 0 Å². The van der Waals surface area contributed by atoms with Gasteiger partial charge >= 0.3 is 0 Å². The Morgan fingerprint density at radius 3 is 2.62 bits per heavy atom. The molecule has 0 aliphatic carbocycles. The molecule has 0 fully saturated rings. The highest BCUT2D eigenvalue weighted by atomic mass is 16.5. The first-order valence-electron chi connectivity index (χ1n) is 6.15. The van der Waals surface area contributed by atoms with Gasteiger partial charge in [-0.05, 0) is 45.7 Å². The third-order valence-corrected chi connectivity index (χ3v) is 2.60. The molecule has 0 aromatic carbocycles. The minimum Gasteiger partial charge on any atom is -0.385 e. The van der Waals surface area contributed by atoms with Crippen LogP contribution in [0.2, 0.25) is 0 Å². The number of nitrogens with two attached hydrogens (primary N) is 1. The van der Waals surface area contributed by atoms with E-state index in [0.29, 0.717) is 6.54 Å². The van der Waals surface area contributed by atoms with Crippen molar-refractivity contribution in [2.45, 2.75) is 45.1 Å². The van der Waals surface area contributed by atoms with Crippen LogP contribution in [0.15, 0.2) is 0 Å². The molecule has 0 aliphatic rings. The van der Waals surface area contributed by atoms with Crippen molar-refractivity contribution in [2.75, 3.05) is 26.8 Å². The first-order valence-corrected chi connectivity index (χ1v) is 6.15. The van der Waals surface area contributed by atoms with Gasteiger partial charge in [0, 0.05) is 13.7 Å². The SMILES string of the molecule is COCCCCNC(CCCCN)C(C)=O. The molecule has 0 heterocycles. The first kappa shape index (κ1) is 15.6. The molecular formula is C12H26N2O2. The lowest BCUT2D eigenvalue weighted by Crippen LogP contribution is -2.36. The maximum absolute atomic E-state index is 11.3. The summed E-state index contributed by atoms with van der Waals surface area (Å²) in [6.07, 6.45) is 5.00. The predicted molar refractivity (Wildman–Crippen MR) is 66.5 cm³/mol. The molecule has 4 nitrogen and oxygen atoms in total. The number of methoxy groups -OCH3 is 1. The van der Waals surface area contributed by atoms with E-state index < -0.39 is 0 Å². The van der Waals surface area contributed by atoms with Crippen molar-refractivity contribution >= 4 is 5.78 Å². The van der Waals surface area contributed by atoms with Crippen molar-refractivity contribution in [1.29, 1.82) is 0 Å². The smallest absolute Gasteiger partial charge is 0.146 e. The molecule has 0 radical (unpaired) electrons. The summed E-state index contributed by atoms with van der Waals surface area (Å²) in [7, 11) is 1.71. The van der Waals surface area contributed by atoms with Gasteiger partial charge in [0.1, 0.15) is 5.78 Å². The van der Waals surface area contributed by atoms with Gasteiger partial charge in [-0.2, -0.15) is 0 Å². The van der Waals surface area contributed by atoms with Crippen molar-refractivity contribution < 1.29 is 9.53 Å². The molecule has 0 aromatic rings. The summed E-state index contributed by atoms with van der Waals surface area (Å²) >= 11 is 0. The largest absolute Gasteiger partial charge is 0.385 e. The maximum Gasteiger partial charge on any atom is 0.146 e. The number of nitrogens with one attached hydrogen (secondary N) is 1. The summed E-state index contributed by atoms with van der Waals surface area (Å²) in [6, 6.07) is 0.00842. The Morgan fingerprint density at radius 1 is 1.31 bits per heavy atom. The van der Waals surface area contributed by atoms with E-state index in [0.717, 1.165) is 45.3 Å². The third kappa shape index (κ3) is 8.83. The van der Waals surface area contributed by atoms with Gasteiger partial charge in [-0.3, -0.25) is 4.79 Å². The lowest BCUT2D eigenvalue weighted by molar-refractivity contribution is -0.119. The van der Waals surface area contributed by atoms with E-state index in [2.05, 4.69) is 5.32 Å². The predicted octanol–water partition coefficient (Wildman–Crippen LogP) is 1.09. The highest BCUT2D eigenvalue weighted by Gasteiger charge is 2.11. The van der Waals surface area contributed by atoms with Crippen molar-refractivity contribution in [3.05, 3.63) is 0 Å². The summed E-state index contributed by atoms with van der Waals surface area (Å²) in [5.41, 5.74) is 5.43. The Labute approximate surface area is 98.9 Å². The number of ketones is 1. The number of ether oxygens (including phenoxy) is 1. The van der Waals surface area contributed by atoms with Crippen molar-refractivity contribution in [3.63, 3.8) is 0 Å². The molecular weight excluding hydrogens is 204 g/mol. The highest BCUT2D eigenvalue weighted by molar-refractivity contribution is 5.81. The normalized spacial score (nSPS) is 12.7. The number of rotatable bonds is 11. The van der Waals surface area contributed by atoms with Crippen LogP contribution in [0.1, 0.15) is 39.0 Å². The quantitative estimate of drug-likeness (QED) is 0.522. The highest BCUT2D eigenvalue weighted by Crippen LogP contribution is 2.02. The molecule has 0 saturated heterocycles. The van der Waals surface area contributed by atoms with Crippen LogP contribution >= 0.6 is 0 Å². The molecule has 0 aliphatic heterocycles. The average Bonchev–Trinajstić information content (AvgIpc) is 2.26. The summed E-state index contributed by atoms with van der Waals surface area (Å²) in [5.74, 6) is 0.226. The molecule has 0 rings (SSSR count). The lowest BCUT2D eigenvalue weighted by atomic mass is 10.1. The van der Waals surface area contributed by atoms with Gasteiger partial charge in [0.15, 0.2) is 0 Å². The Hall–Kier alpha value is -0.450. The molecule has 96 valence electrons. The van der Waals surface area contributed by atoms with Crippen molar-refractivity contribution in [1.82, 2.24) is 5.32 Å². The average molecular weight is 230 g/mol. The fourth-order valence-corrected chi connectivity index (χ4v) is 1.59. The van der Waals surface area contributed by atoms with Crippen LogP contribution in [-0.2, 0) is 9.53 Å². The minimum absolute atomic E-state index is 0.00842. The summed E-state index contributed by atoms with van der Waals surface area (Å²) in [6.45, 7) is 4.03.